The van der Waals surface area contributed by atoms with E-state index < -0.39 is 42.4 Å². The summed E-state index contributed by atoms with van der Waals surface area (Å²) in [6.07, 6.45) is 1.26. The number of carbonyl (C=O) groups excluding carboxylic acids is 1. The molecule has 9 nitrogen and oxygen atoms in total. The fraction of sp³-hybridized carbons (Fsp3) is 0.636. The number of amides is 2. The zero-order valence-electron chi connectivity index (χ0n) is 11.4. The van der Waals surface area contributed by atoms with Crippen LogP contribution in [-0.2, 0) is 14.4 Å². The molecule has 0 fully saturated rings. The van der Waals surface area contributed by atoms with Crippen LogP contribution in [-0.4, -0.2) is 63.4 Å². The Morgan fingerprint density at radius 3 is 1.81 bits per heavy atom. The Morgan fingerprint density at radius 1 is 0.952 bits per heavy atom. The van der Waals surface area contributed by atoms with Crippen LogP contribution in [0.3, 0.4) is 0 Å². The van der Waals surface area contributed by atoms with Crippen molar-refractivity contribution < 1.29 is 34.5 Å². The van der Waals surface area contributed by atoms with Crippen LogP contribution in [0.15, 0.2) is 0 Å². The van der Waals surface area contributed by atoms with Crippen LogP contribution < -0.4 is 10.6 Å². The molecule has 0 heterocycles. The van der Waals surface area contributed by atoms with Gasteiger partial charge in [0.05, 0.1) is 0 Å². The molecule has 0 rings (SSSR count). The van der Waals surface area contributed by atoms with Crippen molar-refractivity contribution in [3.05, 3.63) is 0 Å². The summed E-state index contributed by atoms with van der Waals surface area (Å²) >= 11 is 1.41. The summed E-state index contributed by atoms with van der Waals surface area (Å²) in [4.78, 5) is 43.8. The van der Waals surface area contributed by atoms with Gasteiger partial charge in [0.2, 0.25) is 0 Å². The average molecular weight is 322 g/mol. The molecule has 0 bridgehead atoms. The number of urea groups is 1. The highest BCUT2D eigenvalue weighted by Gasteiger charge is 2.24. The van der Waals surface area contributed by atoms with Crippen molar-refractivity contribution in [3.8, 4) is 0 Å². The summed E-state index contributed by atoms with van der Waals surface area (Å²) in [5, 5.41) is 30.5. The van der Waals surface area contributed by atoms with E-state index in [1.165, 1.54) is 11.8 Å². The summed E-state index contributed by atoms with van der Waals surface area (Å²) in [7, 11) is 0. The molecule has 0 saturated heterocycles. The number of hydrogen-bond donors (Lipinski definition) is 5. The SMILES string of the molecule is CSCC[C@H](NC(=O)NC(CCC(=O)O)C(=O)O)C(=O)O. The van der Waals surface area contributed by atoms with Crippen LogP contribution in [0, 0.1) is 0 Å². The predicted octanol–water partition coefficient (Wildman–Crippen LogP) is -0.190. The largest absolute Gasteiger partial charge is 0.481 e. The molecule has 10 heteroatoms. The maximum absolute atomic E-state index is 11.6. The van der Waals surface area contributed by atoms with Crippen molar-refractivity contribution in [1.82, 2.24) is 10.6 Å². The van der Waals surface area contributed by atoms with Crippen LogP contribution in [0.5, 0.6) is 0 Å². The van der Waals surface area contributed by atoms with Crippen molar-refractivity contribution >= 4 is 35.7 Å². The second-order valence-corrected chi connectivity index (χ2v) is 5.10. The predicted molar refractivity (Wildman–Crippen MR) is 74.4 cm³/mol. The Morgan fingerprint density at radius 2 is 1.43 bits per heavy atom. The molecule has 0 saturated carbocycles. The van der Waals surface area contributed by atoms with Crippen molar-refractivity contribution in [1.29, 1.82) is 0 Å². The van der Waals surface area contributed by atoms with Crippen LogP contribution >= 0.6 is 11.8 Å². The molecule has 0 aromatic heterocycles. The zero-order valence-corrected chi connectivity index (χ0v) is 12.2. The van der Waals surface area contributed by atoms with Gasteiger partial charge >= 0.3 is 23.9 Å². The van der Waals surface area contributed by atoms with Crippen molar-refractivity contribution in [2.24, 2.45) is 0 Å². The maximum atomic E-state index is 11.6. The van der Waals surface area contributed by atoms with E-state index >= 15 is 0 Å². The first-order valence-electron chi connectivity index (χ1n) is 6.01. The van der Waals surface area contributed by atoms with E-state index in [0.717, 1.165) is 0 Å². The standard InChI is InChI=1S/C11H18N2O7S/c1-21-5-4-7(10(18)19)13-11(20)12-6(9(16)17)2-3-8(14)15/h6-7H,2-5H2,1H3,(H,14,15)(H,16,17)(H,18,19)(H2,12,13,20)/t6?,7-/m0/s1. The van der Waals surface area contributed by atoms with E-state index in [4.69, 9.17) is 15.3 Å². The van der Waals surface area contributed by atoms with Gasteiger partial charge in [0.15, 0.2) is 0 Å². The molecule has 21 heavy (non-hydrogen) atoms. The first-order valence-corrected chi connectivity index (χ1v) is 7.40. The monoisotopic (exact) mass is 322 g/mol. The van der Waals surface area contributed by atoms with Gasteiger partial charge < -0.3 is 26.0 Å². The quantitative estimate of drug-likeness (QED) is 0.371. The molecule has 0 aliphatic heterocycles. The number of thioether (sulfide) groups is 1. The van der Waals surface area contributed by atoms with E-state index in [0.29, 0.717) is 5.75 Å². The number of carboxylic acids is 3. The van der Waals surface area contributed by atoms with Gasteiger partial charge in [-0.25, -0.2) is 14.4 Å². The first-order chi connectivity index (χ1) is 9.77. The fourth-order valence-corrected chi connectivity index (χ4v) is 1.85. The molecule has 1 unspecified atom stereocenters. The molecule has 2 amide bonds. The van der Waals surface area contributed by atoms with E-state index in [2.05, 4.69) is 10.6 Å². The summed E-state index contributed by atoms with van der Waals surface area (Å²) in [6.45, 7) is 0. The van der Waals surface area contributed by atoms with E-state index in [1.807, 2.05) is 0 Å². The molecular formula is C11H18N2O7S. The number of carboxylic acid groups (broad SMARTS) is 3. The van der Waals surface area contributed by atoms with Crippen molar-refractivity contribution in [2.45, 2.75) is 31.3 Å². The van der Waals surface area contributed by atoms with E-state index in [9.17, 15) is 19.2 Å². The number of nitrogens with one attached hydrogen (secondary N) is 2. The Kier molecular flexibility index (Phi) is 8.93. The molecule has 0 aromatic carbocycles. The smallest absolute Gasteiger partial charge is 0.326 e. The normalized spacial score (nSPS) is 13.0. The van der Waals surface area contributed by atoms with Crippen molar-refractivity contribution in [2.75, 3.05) is 12.0 Å². The summed E-state index contributed by atoms with van der Waals surface area (Å²) < 4.78 is 0. The Bertz CT molecular complexity index is 402. The van der Waals surface area contributed by atoms with Crippen LogP contribution in [0.4, 0.5) is 4.79 Å². The number of carbonyl (C=O) groups is 4. The Labute approximate surface area is 125 Å². The van der Waals surface area contributed by atoms with E-state index in [-0.39, 0.29) is 12.8 Å². The summed E-state index contributed by atoms with van der Waals surface area (Å²) in [5.74, 6) is -3.29. The third-order valence-electron chi connectivity index (χ3n) is 2.46. The molecular weight excluding hydrogens is 304 g/mol. The lowest BCUT2D eigenvalue weighted by Gasteiger charge is -2.18. The highest BCUT2D eigenvalue weighted by Crippen LogP contribution is 2.02. The Hall–Kier alpha value is -1.97. The molecule has 5 N–H and O–H groups in total. The second kappa shape index (κ2) is 9.86. The minimum absolute atomic E-state index is 0.191. The average Bonchev–Trinajstić information content (AvgIpc) is 2.38. The summed E-state index contributed by atoms with van der Waals surface area (Å²) in [6, 6.07) is -3.48. The van der Waals surface area contributed by atoms with Gasteiger partial charge in [-0.2, -0.15) is 11.8 Å². The molecule has 0 aromatic rings. The number of hydrogen-bond acceptors (Lipinski definition) is 5. The van der Waals surface area contributed by atoms with Gasteiger partial charge in [-0.3, -0.25) is 4.79 Å². The molecule has 0 aliphatic rings. The summed E-state index contributed by atoms with van der Waals surface area (Å²) in [5.41, 5.74) is 0. The zero-order chi connectivity index (χ0) is 16.4. The molecule has 0 aliphatic carbocycles. The minimum Gasteiger partial charge on any atom is -0.481 e. The highest BCUT2D eigenvalue weighted by atomic mass is 32.2. The topological polar surface area (TPSA) is 153 Å². The molecule has 2 atom stereocenters. The highest BCUT2D eigenvalue weighted by molar-refractivity contribution is 7.98. The lowest BCUT2D eigenvalue weighted by molar-refractivity contribution is -0.140. The first kappa shape index (κ1) is 19.0. The number of rotatable bonds is 10. The van der Waals surface area contributed by atoms with Gasteiger partial charge in [-0.15, -0.1) is 0 Å². The van der Waals surface area contributed by atoms with Crippen LogP contribution in [0.25, 0.3) is 0 Å². The van der Waals surface area contributed by atoms with Gasteiger partial charge in [-0.1, -0.05) is 0 Å². The van der Waals surface area contributed by atoms with Gasteiger partial charge in [0.1, 0.15) is 12.1 Å². The second-order valence-electron chi connectivity index (χ2n) is 4.11. The van der Waals surface area contributed by atoms with Gasteiger partial charge in [0, 0.05) is 6.42 Å². The molecule has 120 valence electrons. The lowest BCUT2D eigenvalue weighted by atomic mass is 10.1. The minimum atomic E-state index is -1.39. The Balaban J connectivity index is 4.49. The van der Waals surface area contributed by atoms with E-state index in [1.54, 1.807) is 6.26 Å². The third-order valence-corrected chi connectivity index (χ3v) is 3.11. The van der Waals surface area contributed by atoms with Crippen LogP contribution in [0.1, 0.15) is 19.3 Å². The van der Waals surface area contributed by atoms with Crippen molar-refractivity contribution in [3.63, 3.8) is 0 Å². The lowest BCUT2D eigenvalue weighted by Crippen LogP contribution is -2.51. The van der Waals surface area contributed by atoms with Gasteiger partial charge in [0.25, 0.3) is 0 Å². The van der Waals surface area contributed by atoms with Gasteiger partial charge in [-0.05, 0) is 24.9 Å². The van der Waals surface area contributed by atoms with Crippen LogP contribution in [0.2, 0.25) is 0 Å². The maximum Gasteiger partial charge on any atom is 0.326 e. The third kappa shape index (κ3) is 8.74. The fourth-order valence-electron chi connectivity index (χ4n) is 1.38. The number of aliphatic carboxylic acids is 3. The molecule has 0 radical (unpaired) electrons. The molecule has 0 spiro atoms.